The Balaban J connectivity index is 2.06. The Bertz CT molecular complexity index is 404. The first kappa shape index (κ1) is 14.0. The summed E-state index contributed by atoms with van der Waals surface area (Å²) in [6.45, 7) is 8.44. The van der Waals surface area contributed by atoms with Crippen molar-refractivity contribution >= 4 is 11.6 Å². The summed E-state index contributed by atoms with van der Waals surface area (Å²) in [7, 11) is 1.95. The Morgan fingerprint density at radius 1 is 1.32 bits per heavy atom. The molecule has 1 fully saturated rings. The van der Waals surface area contributed by atoms with Gasteiger partial charge in [-0.05, 0) is 20.9 Å². The fourth-order valence-electron chi connectivity index (χ4n) is 2.21. The molecule has 19 heavy (non-hydrogen) atoms. The van der Waals surface area contributed by atoms with Gasteiger partial charge in [-0.15, -0.1) is 0 Å². The van der Waals surface area contributed by atoms with Crippen LogP contribution in [0.25, 0.3) is 0 Å². The van der Waals surface area contributed by atoms with Crippen molar-refractivity contribution in [1.29, 1.82) is 0 Å². The Kier molecular flexibility index (Phi) is 4.55. The predicted octanol–water partition coefficient (Wildman–Crippen LogP) is 0.723. The van der Waals surface area contributed by atoms with Gasteiger partial charge in [0.05, 0.1) is 13.2 Å². The normalized spacial score (nSPS) is 16.5. The maximum absolute atomic E-state index is 5.36. The van der Waals surface area contributed by atoms with Crippen molar-refractivity contribution in [3.63, 3.8) is 0 Å². The van der Waals surface area contributed by atoms with Crippen molar-refractivity contribution in [3.8, 4) is 0 Å². The van der Waals surface area contributed by atoms with E-state index in [0.29, 0.717) is 0 Å². The zero-order chi connectivity index (χ0) is 13.7. The van der Waals surface area contributed by atoms with Gasteiger partial charge in [0.25, 0.3) is 0 Å². The molecule has 0 radical (unpaired) electrons. The molecule has 0 aromatic carbocycles. The quantitative estimate of drug-likeness (QED) is 0.818. The average molecular weight is 265 g/mol. The number of ether oxygens (including phenoxy) is 1. The van der Waals surface area contributed by atoms with E-state index in [9.17, 15) is 0 Å². The van der Waals surface area contributed by atoms with Crippen LogP contribution in [0.15, 0.2) is 12.4 Å². The lowest BCUT2D eigenvalue weighted by atomic mass is 10.1. The third-order valence-electron chi connectivity index (χ3n) is 3.07. The van der Waals surface area contributed by atoms with E-state index < -0.39 is 0 Å². The van der Waals surface area contributed by atoms with Crippen LogP contribution in [0.1, 0.15) is 13.8 Å². The highest BCUT2D eigenvalue weighted by molar-refractivity contribution is 5.49. The minimum Gasteiger partial charge on any atom is -0.378 e. The molecule has 0 aliphatic carbocycles. The lowest BCUT2D eigenvalue weighted by Gasteiger charge is -2.29. The zero-order valence-electron chi connectivity index (χ0n) is 11.9. The number of morpholine rings is 1. The minimum atomic E-state index is -0.0502. The molecule has 0 bridgehead atoms. The van der Waals surface area contributed by atoms with E-state index in [1.54, 1.807) is 6.33 Å². The van der Waals surface area contributed by atoms with Gasteiger partial charge in [-0.3, -0.25) is 0 Å². The Morgan fingerprint density at radius 2 is 2.05 bits per heavy atom. The first-order valence-corrected chi connectivity index (χ1v) is 6.68. The second kappa shape index (κ2) is 6.16. The van der Waals surface area contributed by atoms with E-state index in [1.807, 2.05) is 13.1 Å². The second-order valence-electron chi connectivity index (χ2n) is 5.40. The molecule has 0 saturated carbocycles. The van der Waals surface area contributed by atoms with E-state index in [1.165, 1.54) is 0 Å². The molecule has 0 unspecified atom stereocenters. The lowest BCUT2D eigenvalue weighted by molar-refractivity contribution is 0.122. The third-order valence-corrected chi connectivity index (χ3v) is 3.07. The largest absolute Gasteiger partial charge is 0.378 e. The van der Waals surface area contributed by atoms with Crippen LogP contribution in [0.5, 0.6) is 0 Å². The minimum absolute atomic E-state index is 0.0502. The number of anilines is 2. The highest BCUT2D eigenvalue weighted by Crippen LogP contribution is 2.18. The molecule has 0 atom stereocenters. The molecule has 2 rings (SSSR count). The zero-order valence-corrected chi connectivity index (χ0v) is 11.9. The number of likely N-dealkylation sites (N-methyl/N-ethyl adjacent to an activating group) is 1. The number of nitrogens with one attached hydrogen (secondary N) is 2. The van der Waals surface area contributed by atoms with Crippen LogP contribution in [0.2, 0.25) is 0 Å². The van der Waals surface area contributed by atoms with Crippen molar-refractivity contribution in [2.45, 2.75) is 19.4 Å². The van der Waals surface area contributed by atoms with Crippen molar-refractivity contribution in [1.82, 2.24) is 15.3 Å². The van der Waals surface area contributed by atoms with Gasteiger partial charge in [0.15, 0.2) is 0 Å². The number of nitrogens with zero attached hydrogens (tertiary/aromatic N) is 3. The van der Waals surface area contributed by atoms with Gasteiger partial charge in [-0.2, -0.15) is 0 Å². The van der Waals surface area contributed by atoms with Gasteiger partial charge in [0.2, 0.25) is 0 Å². The second-order valence-corrected chi connectivity index (χ2v) is 5.40. The molecule has 6 heteroatoms. The van der Waals surface area contributed by atoms with Crippen molar-refractivity contribution in [2.24, 2.45) is 0 Å². The molecule has 1 saturated heterocycles. The first-order valence-electron chi connectivity index (χ1n) is 6.68. The van der Waals surface area contributed by atoms with Crippen molar-refractivity contribution in [3.05, 3.63) is 12.4 Å². The molecular weight excluding hydrogens is 242 g/mol. The van der Waals surface area contributed by atoms with Crippen LogP contribution in [0.4, 0.5) is 11.6 Å². The summed E-state index contributed by atoms with van der Waals surface area (Å²) in [5, 5.41) is 6.60. The van der Waals surface area contributed by atoms with Gasteiger partial charge >= 0.3 is 0 Å². The maximum atomic E-state index is 5.36. The summed E-state index contributed by atoms with van der Waals surface area (Å²) >= 11 is 0. The van der Waals surface area contributed by atoms with Gasteiger partial charge in [0.1, 0.15) is 18.0 Å². The van der Waals surface area contributed by atoms with E-state index in [2.05, 4.69) is 39.3 Å². The molecule has 0 amide bonds. The van der Waals surface area contributed by atoms with E-state index in [0.717, 1.165) is 44.5 Å². The summed E-state index contributed by atoms with van der Waals surface area (Å²) in [6.07, 6.45) is 1.61. The average Bonchev–Trinajstić information content (AvgIpc) is 2.39. The van der Waals surface area contributed by atoms with Crippen LogP contribution < -0.4 is 15.5 Å². The highest BCUT2D eigenvalue weighted by atomic mass is 16.5. The topological polar surface area (TPSA) is 62.3 Å². The predicted molar refractivity (Wildman–Crippen MR) is 76.7 cm³/mol. The first-order chi connectivity index (χ1) is 9.11. The lowest BCUT2D eigenvalue weighted by Crippen LogP contribution is -2.41. The SMILES string of the molecule is CNCC(C)(C)Nc1cc(N2CCOCC2)ncn1. The van der Waals surface area contributed by atoms with Crippen LogP contribution in [-0.4, -0.2) is 55.4 Å². The third kappa shape index (κ3) is 4.04. The Labute approximate surface area is 114 Å². The van der Waals surface area contributed by atoms with Gasteiger partial charge < -0.3 is 20.3 Å². The number of rotatable bonds is 5. The fraction of sp³-hybridized carbons (Fsp3) is 0.692. The smallest absolute Gasteiger partial charge is 0.134 e. The van der Waals surface area contributed by atoms with Crippen molar-refractivity contribution < 1.29 is 4.74 Å². The monoisotopic (exact) mass is 265 g/mol. The number of hydrogen-bond donors (Lipinski definition) is 2. The van der Waals surface area contributed by atoms with Gasteiger partial charge in [0, 0.05) is 31.2 Å². The Hall–Kier alpha value is -1.40. The van der Waals surface area contributed by atoms with Gasteiger partial charge in [-0.25, -0.2) is 9.97 Å². The standard InChI is InChI=1S/C13H23N5O/c1-13(2,9-14-3)17-11-8-12(16-10-15-11)18-4-6-19-7-5-18/h8,10,14H,4-7,9H2,1-3H3,(H,15,16,17). The molecule has 2 heterocycles. The fourth-order valence-corrected chi connectivity index (χ4v) is 2.21. The van der Waals surface area contributed by atoms with E-state index in [4.69, 9.17) is 4.74 Å². The molecular formula is C13H23N5O. The van der Waals surface area contributed by atoms with Gasteiger partial charge in [-0.1, -0.05) is 0 Å². The number of aromatic nitrogens is 2. The molecule has 1 aromatic heterocycles. The van der Waals surface area contributed by atoms with Crippen LogP contribution in [0.3, 0.4) is 0 Å². The summed E-state index contributed by atoms with van der Waals surface area (Å²) < 4.78 is 5.36. The molecule has 0 spiro atoms. The number of hydrogen-bond acceptors (Lipinski definition) is 6. The summed E-state index contributed by atoms with van der Waals surface area (Å²) in [5.74, 6) is 1.82. The van der Waals surface area contributed by atoms with E-state index >= 15 is 0 Å². The Morgan fingerprint density at radius 3 is 2.74 bits per heavy atom. The van der Waals surface area contributed by atoms with E-state index in [-0.39, 0.29) is 5.54 Å². The van der Waals surface area contributed by atoms with Crippen molar-refractivity contribution in [2.75, 3.05) is 50.1 Å². The molecule has 1 aromatic rings. The maximum Gasteiger partial charge on any atom is 0.134 e. The molecule has 1 aliphatic heterocycles. The summed E-state index contributed by atoms with van der Waals surface area (Å²) in [4.78, 5) is 10.9. The van der Waals surface area contributed by atoms with Crippen LogP contribution >= 0.6 is 0 Å². The molecule has 6 nitrogen and oxygen atoms in total. The van der Waals surface area contributed by atoms with Crippen LogP contribution in [0, 0.1) is 0 Å². The summed E-state index contributed by atoms with van der Waals surface area (Å²) in [5.41, 5.74) is -0.0502. The summed E-state index contributed by atoms with van der Waals surface area (Å²) in [6, 6.07) is 2.00. The molecule has 2 N–H and O–H groups in total. The molecule has 1 aliphatic rings. The molecule has 106 valence electrons. The highest BCUT2D eigenvalue weighted by Gasteiger charge is 2.18. The van der Waals surface area contributed by atoms with Crippen LogP contribution in [-0.2, 0) is 4.74 Å².